The van der Waals surface area contributed by atoms with Crippen LogP contribution in [0.5, 0.6) is 11.5 Å². The van der Waals surface area contributed by atoms with Crippen LogP contribution in [0.2, 0.25) is 0 Å². The van der Waals surface area contributed by atoms with Crippen molar-refractivity contribution in [2.75, 3.05) is 26.2 Å². The van der Waals surface area contributed by atoms with E-state index in [0.717, 1.165) is 18.4 Å². The molecular formula is C16H20ClNO4. The van der Waals surface area contributed by atoms with E-state index in [1.54, 1.807) is 12.1 Å². The molecular weight excluding hydrogens is 306 g/mol. The minimum atomic E-state index is -0.429. The van der Waals surface area contributed by atoms with Gasteiger partial charge in [0.05, 0.1) is 6.61 Å². The van der Waals surface area contributed by atoms with Crippen LogP contribution < -0.4 is 10.4 Å². The summed E-state index contributed by atoms with van der Waals surface area (Å²) < 4.78 is 10.7. The maximum Gasteiger partial charge on any atom is 0.336 e. The van der Waals surface area contributed by atoms with Gasteiger partial charge >= 0.3 is 5.63 Å². The molecule has 1 aromatic carbocycles. The number of hydrogen-bond donors (Lipinski definition) is 1. The lowest BCUT2D eigenvalue weighted by Gasteiger charge is -2.14. The highest BCUT2D eigenvalue weighted by Crippen LogP contribution is 2.30. The van der Waals surface area contributed by atoms with Crippen LogP contribution in [0.25, 0.3) is 11.0 Å². The van der Waals surface area contributed by atoms with Crippen LogP contribution in [0.3, 0.4) is 0 Å². The van der Waals surface area contributed by atoms with Crippen molar-refractivity contribution in [2.24, 2.45) is 0 Å². The summed E-state index contributed by atoms with van der Waals surface area (Å²) in [5.74, 6) is 0.427. The Morgan fingerprint density at radius 1 is 1.23 bits per heavy atom. The quantitative estimate of drug-likeness (QED) is 0.676. The van der Waals surface area contributed by atoms with Crippen molar-refractivity contribution < 1.29 is 14.3 Å². The van der Waals surface area contributed by atoms with Gasteiger partial charge in [0.1, 0.15) is 5.58 Å². The van der Waals surface area contributed by atoms with Gasteiger partial charge in [0, 0.05) is 24.1 Å². The van der Waals surface area contributed by atoms with E-state index in [0.29, 0.717) is 17.9 Å². The molecule has 1 aliphatic rings. The van der Waals surface area contributed by atoms with Gasteiger partial charge in [0.2, 0.25) is 0 Å². The van der Waals surface area contributed by atoms with E-state index in [2.05, 4.69) is 4.90 Å². The van der Waals surface area contributed by atoms with E-state index < -0.39 is 5.63 Å². The molecule has 0 radical (unpaired) electrons. The van der Waals surface area contributed by atoms with E-state index >= 15 is 0 Å². The fourth-order valence-electron chi connectivity index (χ4n) is 2.68. The van der Waals surface area contributed by atoms with Crippen LogP contribution in [0.15, 0.2) is 33.5 Å². The number of phenolic OH excluding ortho intramolecular Hbond substituents is 1. The number of halogens is 1. The molecule has 0 atom stereocenters. The van der Waals surface area contributed by atoms with Crippen LogP contribution in [0.1, 0.15) is 19.3 Å². The predicted molar refractivity (Wildman–Crippen MR) is 87.2 cm³/mol. The molecule has 22 heavy (non-hydrogen) atoms. The fourth-order valence-corrected chi connectivity index (χ4v) is 2.68. The van der Waals surface area contributed by atoms with Crippen molar-refractivity contribution >= 4 is 23.4 Å². The number of fused-ring (bicyclic) bond motifs is 1. The monoisotopic (exact) mass is 325 g/mol. The lowest BCUT2D eigenvalue weighted by Crippen LogP contribution is -2.21. The second kappa shape index (κ2) is 7.51. The van der Waals surface area contributed by atoms with Crippen molar-refractivity contribution in [1.82, 2.24) is 4.90 Å². The SMILES string of the molecule is Cl.O=c1ccc2cc(OCCCN3CCCC3)c(O)cc2o1. The third-order valence-electron chi connectivity index (χ3n) is 3.78. The third-order valence-corrected chi connectivity index (χ3v) is 3.78. The van der Waals surface area contributed by atoms with Crippen LogP contribution in [-0.2, 0) is 0 Å². The topological polar surface area (TPSA) is 62.9 Å². The van der Waals surface area contributed by atoms with Crippen molar-refractivity contribution in [3.05, 3.63) is 34.7 Å². The van der Waals surface area contributed by atoms with Gasteiger partial charge in [-0.2, -0.15) is 0 Å². The van der Waals surface area contributed by atoms with Crippen LogP contribution in [0, 0.1) is 0 Å². The molecule has 120 valence electrons. The van der Waals surface area contributed by atoms with Gasteiger partial charge in [-0.1, -0.05) is 0 Å². The Morgan fingerprint density at radius 2 is 2.00 bits per heavy atom. The number of aromatic hydroxyl groups is 1. The maximum atomic E-state index is 11.1. The highest BCUT2D eigenvalue weighted by atomic mass is 35.5. The lowest BCUT2D eigenvalue weighted by molar-refractivity contribution is 0.256. The summed E-state index contributed by atoms with van der Waals surface area (Å²) in [6.07, 6.45) is 3.51. The minimum Gasteiger partial charge on any atom is -0.504 e. The normalized spacial score (nSPS) is 14.9. The summed E-state index contributed by atoms with van der Waals surface area (Å²) in [5.41, 5.74) is -0.0643. The van der Waals surface area contributed by atoms with Crippen LogP contribution >= 0.6 is 12.4 Å². The summed E-state index contributed by atoms with van der Waals surface area (Å²) in [4.78, 5) is 13.6. The van der Waals surface area contributed by atoms with E-state index in [1.165, 1.54) is 38.1 Å². The molecule has 1 saturated heterocycles. The molecule has 0 unspecified atom stereocenters. The highest BCUT2D eigenvalue weighted by molar-refractivity contribution is 5.85. The number of nitrogens with zero attached hydrogens (tertiary/aromatic N) is 1. The molecule has 1 fully saturated rings. The van der Waals surface area contributed by atoms with Gasteiger partial charge in [-0.3, -0.25) is 0 Å². The average molecular weight is 326 g/mol. The first-order valence-electron chi connectivity index (χ1n) is 7.34. The highest BCUT2D eigenvalue weighted by Gasteiger charge is 2.11. The summed E-state index contributed by atoms with van der Waals surface area (Å²) in [5, 5.41) is 10.7. The maximum absolute atomic E-state index is 11.1. The molecule has 2 heterocycles. The third kappa shape index (κ3) is 3.93. The molecule has 1 aliphatic heterocycles. The average Bonchev–Trinajstić information content (AvgIpc) is 2.97. The second-order valence-corrected chi connectivity index (χ2v) is 5.36. The number of hydrogen-bond acceptors (Lipinski definition) is 5. The van der Waals surface area contributed by atoms with Crippen molar-refractivity contribution in [1.29, 1.82) is 0 Å². The molecule has 0 saturated carbocycles. The molecule has 0 amide bonds. The number of phenols is 1. The summed E-state index contributed by atoms with van der Waals surface area (Å²) >= 11 is 0. The Bertz CT molecular complexity index is 679. The Kier molecular flexibility index (Phi) is 5.69. The van der Waals surface area contributed by atoms with Crippen LogP contribution in [-0.4, -0.2) is 36.2 Å². The Labute approximate surface area is 134 Å². The van der Waals surface area contributed by atoms with Gasteiger partial charge in [-0.15, -0.1) is 12.4 Å². The van der Waals surface area contributed by atoms with Crippen LogP contribution in [0.4, 0.5) is 0 Å². The number of likely N-dealkylation sites (tertiary alicyclic amines) is 1. The van der Waals surface area contributed by atoms with E-state index in [-0.39, 0.29) is 18.2 Å². The standard InChI is InChI=1S/C16H19NO4.ClH/c18-13-11-14-12(4-5-16(19)21-14)10-15(13)20-9-3-8-17-6-1-2-7-17;/h4-5,10-11,18H,1-3,6-9H2;1H. The zero-order valence-corrected chi connectivity index (χ0v) is 13.1. The second-order valence-electron chi connectivity index (χ2n) is 5.36. The molecule has 1 N–H and O–H groups in total. The number of rotatable bonds is 5. The largest absolute Gasteiger partial charge is 0.504 e. The van der Waals surface area contributed by atoms with Crippen molar-refractivity contribution in [3.63, 3.8) is 0 Å². The molecule has 3 rings (SSSR count). The van der Waals surface area contributed by atoms with Gasteiger partial charge in [0.25, 0.3) is 0 Å². The fraction of sp³-hybridized carbons (Fsp3) is 0.438. The zero-order chi connectivity index (χ0) is 14.7. The van der Waals surface area contributed by atoms with Gasteiger partial charge in [0.15, 0.2) is 11.5 Å². The molecule has 0 bridgehead atoms. The molecule has 1 aromatic heterocycles. The van der Waals surface area contributed by atoms with E-state index in [1.807, 2.05) is 0 Å². The summed E-state index contributed by atoms with van der Waals surface area (Å²) in [6.45, 7) is 3.95. The Balaban J connectivity index is 0.00000176. The van der Waals surface area contributed by atoms with Gasteiger partial charge in [-0.25, -0.2) is 4.79 Å². The first-order chi connectivity index (χ1) is 10.2. The molecule has 5 nitrogen and oxygen atoms in total. The number of ether oxygens (including phenoxy) is 1. The predicted octanol–water partition coefficient (Wildman–Crippen LogP) is 2.79. The van der Waals surface area contributed by atoms with E-state index in [4.69, 9.17) is 9.15 Å². The van der Waals surface area contributed by atoms with Gasteiger partial charge in [-0.05, 0) is 44.5 Å². The molecule has 0 spiro atoms. The summed E-state index contributed by atoms with van der Waals surface area (Å²) in [6, 6.07) is 6.14. The Hall–Kier alpha value is -1.72. The molecule has 6 heteroatoms. The lowest BCUT2D eigenvalue weighted by atomic mass is 10.2. The van der Waals surface area contributed by atoms with Crippen molar-refractivity contribution in [3.8, 4) is 11.5 Å². The minimum absolute atomic E-state index is 0. The first-order valence-corrected chi connectivity index (χ1v) is 7.34. The van der Waals surface area contributed by atoms with Crippen molar-refractivity contribution in [2.45, 2.75) is 19.3 Å². The van der Waals surface area contributed by atoms with E-state index in [9.17, 15) is 9.90 Å². The Morgan fingerprint density at radius 3 is 2.77 bits per heavy atom. The summed E-state index contributed by atoms with van der Waals surface area (Å²) in [7, 11) is 0. The zero-order valence-electron chi connectivity index (χ0n) is 12.3. The number of benzene rings is 1. The molecule has 2 aromatic rings. The smallest absolute Gasteiger partial charge is 0.336 e. The molecule has 0 aliphatic carbocycles. The van der Waals surface area contributed by atoms with Gasteiger partial charge < -0.3 is 19.2 Å². The first kappa shape index (κ1) is 16.6.